The monoisotopic (exact) mass is 381 g/mol. The second kappa shape index (κ2) is 6.51. The van der Waals surface area contributed by atoms with Crippen molar-refractivity contribution in [1.29, 1.82) is 0 Å². The number of hydrogen-bond acceptors (Lipinski definition) is 6. The van der Waals surface area contributed by atoms with Crippen molar-refractivity contribution in [3.8, 4) is 11.1 Å². The van der Waals surface area contributed by atoms with Crippen molar-refractivity contribution in [3.05, 3.63) is 58.6 Å². The van der Waals surface area contributed by atoms with Crippen molar-refractivity contribution < 1.29 is 9.90 Å². The summed E-state index contributed by atoms with van der Waals surface area (Å²) >= 11 is 4.03. The minimum atomic E-state index is -1.14. The lowest BCUT2D eigenvalue weighted by atomic mass is 10.1. The van der Waals surface area contributed by atoms with Gasteiger partial charge in [0, 0.05) is 11.9 Å². The van der Waals surface area contributed by atoms with Gasteiger partial charge in [-0.15, -0.1) is 10.2 Å². The lowest BCUT2D eigenvalue weighted by Crippen LogP contribution is -2.31. The normalized spacial score (nSPS) is 12.5. The number of carboxylic acids is 1. The average molecular weight is 381 g/mol. The van der Waals surface area contributed by atoms with Gasteiger partial charge in [-0.2, -0.15) is 17.7 Å². The summed E-state index contributed by atoms with van der Waals surface area (Å²) in [5, 5.41) is 22.1. The number of fused-ring (bicyclic) bond motifs is 3. The molecule has 1 unspecified atom stereocenters. The molecule has 3 heterocycles. The van der Waals surface area contributed by atoms with Crippen molar-refractivity contribution in [2.45, 2.75) is 13.0 Å². The summed E-state index contributed by atoms with van der Waals surface area (Å²) in [5.74, 6) is -1.16. The number of thiol groups is 1. The lowest BCUT2D eigenvalue weighted by Gasteiger charge is -2.13. The Balaban J connectivity index is 2.00. The number of carbonyl (C=O) groups is 1. The molecule has 0 fully saturated rings. The van der Waals surface area contributed by atoms with Gasteiger partial charge in [0.05, 0.1) is 11.3 Å². The zero-order chi connectivity index (χ0) is 19.1. The molecule has 0 bridgehead atoms. The summed E-state index contributed by atoms with van der Waals surface area (Å²) in [4.78, 5) is 24.1. The van der Waals surface area contributed by atoms with Crippen molar-refractivity contribution in [2.24, 2.45) is 0 Å². The van der Waals surface area contributed by atoms with Crippen molar-refractivity contribution in [1.82, 2.24) is 24.4 Å². The minimum Gasteiger partial charge on any atom is -0.480 e. The number of pyridine rings is 1. The first-order chi connectivity index (χ1) is 13.0. The summed E-state index contributed by atoms with van der Waals surface area (Å²) in [5.41, 5.74) is 3.06. The van der Waals surface area contributed by atoms with Gasteiger partial charge in [-0.3, -0.25) is 9.36 Å². The molecule has 0 spiro atoms. The molecule has 0 aliphatic rings. The van der Waals surface area contributed by atoms with E-state index in [2.05, 4.69) is 27.9 Å². The SMILES string of the molecule is Cc1nn2c(nnc3c(=O)n(C(CS)C(=O)O)ccc32)c1-c1ccccc1. The van der Waals surface area contributed by atoms with Crippen LogP contribution in [0.1, 0.15) is 11.7 Å². The second-order valence-electron chi connectivity index (χ2n) is 6.06. The van der Waals surface area contributed by atoms with E-state index in [0.29, 0.717) is 11.2 Å². The van der Waals surface area contributed by atoms with E-state index in [1.807, 2.05) is 37.3 Å². The van der Waals surface area contributed by atoms with Crippen LogP contribution in [0.3, 0.4) is 0 Å². The van der Waals surface area contributed by atoms with Crippen LogP contribution in [0.5, 0.6) is 0 Å². The van der Waals surface area contributed by atoms with E-state index in [0.717, 1.165) is 21.4 Å². The maximum Gasteiger partial charge on any atom is 0.327 e. The second-order valence-corrected chi connectivity index (χ2v) is 6.43. The van der Waals surface area contributed by atoms with Crippen LogP contribution in [0, 0.1) is 6.92 Å². The molecule has 0 aliphatic carbocycles. The highest BCUT2D eigenvalue weighted by atomic mass is 32.1. The predicted molar refractivity (Wildman–Crippen MR) is 103 cm³/mol. The Morgan fingerprint density at radius 1 is 1.22 bits per heavy atom. The molecule has 0 saturated carbocycles. The van der Waals surface area contributed by atoms with Gasteiger partial charge in [-0.1, -0.05) is 30.3 Å². The lowest BCUT2D eigenvalue weighted by molar-refractivity contribution is -0.140. The van der Waals surface area contributed by atoms with Crippen LogP contribution < -0.4 is 5.56 Å². The third kappa shape index (κ3) is 2.67. The topological polar surface area (TPSA) is 102 Å². The van der Waals surface area contributed by atoms with E-state index in [4.69, 9.17) is 0 Å². The summed E-state index contributed by atoms with van der Waals surface area (Å²) in [6.07, 6.45) is 1.43. The van der Waals surface area contributed by atoms with Crippen LogP contribution in [-0.2, 0) is 4.79 Å². The van der Waals surface area contributed by atoms with E-state index < -0.39 is 17.6 Å². The van der Waals surface area contributed by atoms with Crippen molar-refractivity contribution >= 4 is 35.3 Å². The van der Waals surface area contributed by atoms with Crippen LogP contribution in [0.4, 0.5) is 0 Å². The molecule has 1 aromatic carbocycles. The van der Waals surface area contributed by atoms with Crippen LogP contribution in [0.2, 0.25) is 0 Å². The Morgan fingerprint density at radius 2 is 1.96 bits per heavy atom. The summed E-state index contributed by atoms with van der Waals surface area (Å²) in [7, 11) is 0. The molecular weight excluding hydrogens is 366 g/mol. The zero-order valence-corrected chi connectivity index (χ0v) is 15.2. The van der Waals surface area contributed by atoms with Crippen molar-refractivity contribution in [2.75, 3.05) is 5.75 Å². The molecule has 1 atom stereocenters. The molecule has 27 heavy (non-hydrogen) atoms. The third-order valence-electron chi connectivity index (χ3n) is 4.44. The number of aromatic nitrogens is 5. The fraction of sp³-hybridized carbons (Fsp3) is 0.167. The van der Waals surface area contributed by atoms with Gasteiger partial charge in [-0.25, -0.2) is 9.31 Å². The Hall–Kier alpha value is -3.20. The number of hydrogen-bond donors (Lipinski definition) is 2. The van der Waals surface area contributed by atoms with Gasteiger partial charge >= 0.3 is 5.97 Å². The van der Waals surface area contributed by atoms with Gasteiger partial charge in [0.2, 0.25) is 0 Å². The number of benzene rings is 1. The molecule has 3 aromatic heterocycles. The first kappa shape index (κ1) is 17.2. The largest absolute Gasteiger partial charge is 0.480 e. The highest BCUT2D eigenvalue weighted by molar-refractivity contribution is 7.80. The maximum atomic E-state index is 12.8. The number of rotatable bonds is 4. The van der Waals surface area contributed by atoms with E-state index in [9.17, 15) is 14.7 Å². The predicted octanol–water partition coefficient (Wildman–Crippen LogP) is 1.97. The number of aryl methyl sites for hydroxylation is 1. The smallest absolute Gasteiger partial charge is 0.327 e. The van der Waals surface area contributed by atoms with E-state index >= 15 is 0 Å². The highest BCUT2D eigenvalue weighted by Crippen LogP contribution is 2.27. The molecule has 0 aliphatic heterocycles. The van der Waals surface area contributed by atoms with Gasteiger partial charge in [0.15, 0.2) is 11.2 Å². The maximum absolute atomic E-state index is 12.8. The first-order valence-electron chi connectivity index (χ1n) is 8.19. The first-order valence-corrected chi connectivity index (χ1v) is 8.82. The molecule has 9 heteroatoms. The van der Waals surface area contributed by atoms with Gasteiger partial charge in [-0.05, 0) is 18.6 Å². The van der Waals surface area contributed by atoms with Gasteiger partial charge in [0.25, 0.3) is 5.56 Å². The van der Waals surface area contributed by atoms with Crippen LogP contribution in [-0.4, -0.2) is 41.2 Å². The number of nitrogens with zero attached hydrogens (tertiary/aromatic N) is 5. The number of aliphatic carboxylic acids is 1. The number of carboxylic acid groups (broad SMARTS) is 1. The molecule has 8 nitrogen and oxygen atoms in total. The summed E-state index contributed by atoms with van der Waals surface area (Å²) < 4.78 is 2.68. The standard InChI is InChI=1S/C18H15N5O3S/c1-10-14(11-5-3-2-4-6-11)16-20-19-15-12(23(16)21-10)7-8-22(17(15)24)13(9-27)18(25)26/h2-8,13,27H,9H2,1H3,(H,25,26). The molecule has 4 aromatic rings. The van der Waals surface area contributed by atoms with E-state index in [-0.39, 0.29) is 11.3 Å². The Morgan fingerprint density at radius 3 is 2.63 bits per heavy atom. The summed E-state index contributed by atoms with van der Waals surface area (Å²) in [6, 6.07) is 10.2. The van der Waals surface area contributed by atoms with Crippen LogP contribution >= 0.6 is 12.6 Å². The molecule has 0 radical (unpaired) electrons. The summed E-state index contributed by atoms with van der Waals surface area (Å²) in [6.45, 7) is 1.87. The Bertz CT molecular complexity index is 1230. The van der Waals surface area contributed by atoms with Gasteiger partial charge < -0.3 is 5.11 Å². The van der Waals surface area contributed by atoms with Gasteiger partial charge in [0.1, 0.15) is 11.6 Å². The molecule has 1 N–H and O–H groups in total. The van der Waals surface area contributed by atoms with Crippen LogP contribution in [0.25, 0.3) is 27.8 Å². The molecular formula is C18H15N5O3S. The van der Waals surface area contributed by atoms with E-state index in [1.165, 1.54) is 6.20 Å². The minimum absolute atomic E-state index is 0.0184. The molecule has 0 saturated heterocycles. The molecule has 4 rings (SSSR count). The fourth-order valence-electron chi connectivity index (χ4n) is 3.14. The molecule has 0 amide bonds. The average Bonchev–Trinajstić information content (AvgIpc) is 3.00. The highest BCUT2D eigenvalue weighted by Gasteiger charge is 2.22. The molecule has 136 valence electrons. The zero-order valence-electron chi connectivity index (χ0n) is 14.3. The van der Waals surface area contributed by atoms with Crippen LogP contribution in [0.15, 0.2) is 47.4 Å². The fourth-order valence-corrected chi connectivity index (χ4v) is 3.47. The van der Waals surface area contributed by atoms with E-state index in [1.54, 1.807) is 10.6 Å². The Labute approximate surface area is 158 Å². The third-order valence-corrected chi connectivity index (χ3v) is 4.78. The quantitative estimate of drug-likeness (QED) is 0.524. The Kier molecular flexibility index (Phi) is 4.15. The van der Waals surface area contributed by atoms with Crippen molar-refractivity contribution in [3.63, 3.8) is 0 Å².